The highest BCUT2D eigenvalue weighted by Gasteiger charge is 1.90. The molecule has 0 atom stereocenters. The summed E-state index contributed by atoms with van der Waals surface area (Å²) in [4.78, 5) is 10.7. The summed E-state index contributed by atoms with van der Waals surface area (Å²) in [6, 6.07) is 0. The third-order valence-electron chi connectivity index (χ3n) is 1.17. The van der Waals surface area contributed by atoms with Crippen LogP contribution in [0.1, 0.15) is 26.2 Å². The molecule has 0 fully saturated rings. The van der Waals surface area contributed by atoms with Gasteiger partial charge in [0.1, 0.15) is 0 Å². The van der Waals surface area contributed by atoms with Crippen LogP contribution in [0.2, 0.25) is 0 Å². The fraction of sp³-hybridized carbons (Fsp3) is 0.625. The van der Waals surface area contributed by atoms with Crippen LogP contribution in [-0.4, -0.2) is 12.0 Å². The van der Waals surface area contributed by atoms with Gasteiger partial charge in [-0.15, -0.1) is 11.8 Å². The summed E-state index contributed by atoms with van der Waals surface area (Å²) in [5.41, 5.74) is 0. The van der Waals surface area contributed by atoms with Gasteiger partial charge in [-0.25, -0.2) is 0 Å². The van der Waals surface area contributed by atoms with Gasteiger partial charge in [0.25, 0.3) is 0 Å². The van der Waals surface area contributed by atoms with Gasteiger partial charge in [0, 0.05) is 4.91 Å². The molecule has 0 aromatic carbocycles. The maximum Gasteiger partial charge on any atom is 0.155 e. The minimum Gasteiger partial charge on any atom is -0.297 e. The fourth-order valence-corrected chi connectivity index (χ4v) is 1.27. The number of rotatable bonds is 6. The Labute approximate surface area is 66.9 Å². The maximum absolute atomic E-state index is 10.0. The van der Waals surface area contributed by atoms with Crippen molar-refractivity contribution in [3.8, 4) is 0 Å². The minimum absolute atomic E-state index is 0.649. The van der Waals surface area contributed by atoms with Crippen LogP contribution in [0, 0.1) is 0 Å². The summed E-state index contributed by atoms with van der Waals surface area (Å²) in [6.45, 7) is 5.73. The van der Waals surface area contributed by atoms with Crippen LogP contribution in [0.5, 0.6) is 0 Å². The van der Waals surface area contributed by atoms with Crippen LogP contribution in [0.4, 0.5) is 0 Å². The van der Waals surface area contributed by atoms with Crippen LogP contribution in [-0.2, 0) is 4.79 Å². The summed E-state index contributed by atoms with van der Waals surface area (Å²) in [5, 5.41) is 0. The molecule has 0 aliphatic carbocycles. The second-order valence-electron chi connectivity index (χ2n) is 2.14. The Balaban J connectivity index is 3.03. The number of carbonyl (C=O) groups excluding carboxylic acids is 1. The molecule has 58 valence electrons. The quantitative estimate of drug-likeness (QED) is 0.336. The SMILES string of the molecule is C=C(C=O)SCCCCC. The Kier molecular flexibility index (Phi) is 6.71. The van der Waals surface area contributed by atoms with Gasteiger partial charge in [-0.2, -0.15) is 0 Å². The standard InChI is InChI=1S/C8H14OS/c1-3-4-5-6-10-8(2)7-9/h7H,2-6H2,1H3. The Morgan fingerprint density at radius 1 is 1.60 bits per heavy atom. The van der Waals surface area contributed by atoms with E-state index in [4.69, 9.17) is 0 Å². The summed E-state index contributed by atoms with van der Waals surface area (Å²) in [5.74, 6) is 1.03. The molecule has 0 N–H and O–H groups in total. The first-order chi connectivity index (χ1) is 4.81. The molecule has 0 spiro atoms. The minimum atomic E-state index is 0.649. The first-order valence-corrected chi connectivity index (χ1v) is 4.56. The lowest BCUT2D eigenvalue weighted by molar-refractivity contribution is -0.104. The van der Waals surface area contributed by atoms with Crippen LogP contribution in [0.25, 0.3) is 0 Å². The highest BCUT2D eigenvalue weighted by atomic mass is 32.2. The molecule has 0 bridgehead atoms. The van der Waals surface area contributed by atoms with E-state index in [9.17, 15) is 4.79 Å². The highest BCUT2D eigenvalue weighted by Crippen LogP contribution is 2.12. The van der Waals surface area contributed by atoms with Crippen LogP contribution < -0.4 is 0 Å². The smallest absolute Gasteiger partial charge is 0.155 e. The predicted molar refractivity (Wildman–Crippen MR) is 47.2 cm³/mol. The lowest BCUT2D eigenvalue weighted by Gasteiger charge is -1.96. The molecule has 0 saturated carbocycles. The average Bonchev–Trinajstić information content (AvgIpc) is 1.98. The van der Waals surface area contributed by atoms with Crippen LogP contribution in [0.15, 0.2) is 11.5 Å². The van der Waals surface area contributed by atoms with E-state index in [1.165, 1.54) is 19.3 Å². The van der Waals surface area contributed by atoms with Crippen molar-refractivity contribution < 1.29 is 4.79 Å². The van der Waals surface area contributed by atoms with E-state index in [-0.39, 0.29) is 0 Å². The zero-order valence-corrected chi connectivity index (χ0v) is 7.25. The summed E-state index contributed by atoms with van der Waals surface area (Å²) < 4.78 is 0. The normalized spacial score (nSPS) is 9.30. The van der Waals surface area contributed by atoms with Crippen molar-refractivity contribution in [2.45, 2.75) is 26.2 Å². The Morgan fingerprint density at radius 3 is 2.80 bits per heavy atom. The van der Waals surface area contributed by atoms with Gasteiger partial charge >= 0.3 is 0 Å². The van der Waals surface area contributed by atoms with E-state index < -0.39 is 0 Å². The fourth-order valence-electron chi connectivity index (χ4n) is 0.589. The van der Waals surface area contributed by atoms with Crippen molar-refractivity contribution in [2.24, 2.45) is 0 Å². The Hall–Kier alpha value is -0.240. The summed E-state index contributed by atoms with van der Waals surface area (Å²) >= 11 is 1.55. The van der Waals surface area contributed by atoms with Crippen molar-refractivity contribution in [1.82, 2.24) is 0 Å². The molecule has 1 nitrogen and oxygen atoms in total. The van der Waals surface area contributed by atoms with Crippen molar-refractivity contribution in [1.29, 1.82) is 0 Å². The molecule has 0 heterocycles. The van der Waals surface area contributed by atoms with Crippen molar-refractivity contribution in [2.75, 3.05) is 5.75 Å². The number of allylic oxidation sites excluding steroid dienone is 1. The largest absolute Gasteiger partial charge is 0.297 e. The molecule has 0 aromatic heterocycles. The van der Waals surface area contributed by atoms with Gasteiger partial charge < -0.3 is 0 Å². The number of hydrogen-bond acceptors (Lipinski definition) is 2. The third-order valence-corrected chi connectivity index (χ3v) is 2.13. The Bertz CT molecular complexity index is 110. The summed E-state index contributed by atoms with van der Waals surface area (Å²) in [7, 11) is 0. The molecule has 0 radical (unpaired) electrons. The molecule has 10 heavy (non-hydrogen) atoms. The molecule has 2 heteroatoms. The van der Waals surface area contributed by atoms with Gasteiger partial charge in [-0.1, -0.05) is 26.3 Å². The predicted octanol–water partition coefficient (Wildman–Crippen LogP) is 2.62. The van der Waals surface area contributed by atoms with Crippen molar-refractivity contribution in [3.63, 3.8) is 0 Å². The molecule has 0 amide bonds. The second-order valence-corrected chi connectivity index (χ2v) is 3.36. The first kappa shape index (κ1) is 9.76. The van der Waals surface area contributed by atoms with Crippen molar-refractivity contribution in [3.05, 3.63) is 11.5 Å². The van der Waals surface area contributed by atoms with Crippen LogP contribution >= 0.6 is 11.8 Å². The Morgan fingerprint density at radius 2 is 2.30 bits per heavy atom. The molecule has 0 unspecified atom stereocenters. The monoisotopic (exact) mass is 158 g/mol. The maximum atomic E-state index is 10.0. The van der Waals surface area contributed by atoms with E-state index in [1.807, 2.05) is 0 Å². The van der Waals surface area contributed by atoms with E-state index in [1.54, 1.807) is 11.8 Å². The zero-order chi connectivity index (χ0) is 7.82. The second kappa shape index (κ2) is 6.87. The first-order valence-electron chi connectivity index (χ1n) is 3.58. The van der Waals surface area contributed by atoms with Gasteiger partial charge in [0.15, 0.2) is 6.29 Å². The number of carbonyl (C=O) groups is 1. The highest BCUT2D eigenvalue weighted by molar-refractivity contribution is 8.03. The molecule has 0 rings (SSSR count). The lowest BCUT2D eigenvalue weighted by atomic mass is 10.3. The number of thioether (sulfide) groups is 1. The molecular weight excluding hydrogens is 144 g/mol. The topological polar surface area (TPSA) is 17.1 Å². The lowest BCUT2D eigenvalue weighted by Crippen LogP contribution is -1.81. The molecule has 0 aromatic rings. The van der Waals surface area contributed by atoms with E-state index >= 15 is 0 Å². The van der Waals surface area contributed by atoms with Crippen molar-refractivity contribution >= 4 is 18.0 Å². The van der Waals surface area contributed by atoms with Gasteiger partial charge in [0.2, 0.25) is 0 Å². The van der Waals surface area contributed by atoms with E-state index in [2.05, 4.69) is 13.5 Å². The summed E-state index contributed by atoms with van der Waals surface area (Å²) in [6.07, 6.45) is 4.48. The van der Waals surface area contributed by atoms with Crippen LogP contribution in [0.3, 0.4) is 0 Å². The molecule has 0 aliphatic heterocycles. The van der Waals surface area contributed by atoms with Gasteiger partial charge in [0.05, 0.1) is 0 Å². The van der Waals surface area contributed by atoms with Gasteiger partial charge in [-0.05, 0) is 12.2 Å². The molecular formula is C8H14OS. The number of hydrogen-bond donors (Lipinski definition) is 0. The molecule has 0 saturated heterocycles. The third kappa shape index (κ3) is 5.89. The molecule has 0 aliphatic rings. The average molecular weight is 158 g/mol. The van der Waals surface area contributed by atoms with E-state index in [0.717, 1.165) is 12.0 Å². The number of aldehydes is 1. The number of unbranched alkanes of at least 4 members (excludes halogenated alkanes) is 2. The van der Waals surface area contributed by atoms with Gasteiger partial charge in [-0.3, -0.25) is 4.79 Å². The van der Waals surface area contributed by atoms with E-state index in [0.29, 0.717) is 4.91 Å². The zero-order valence-electron chi connectivity index (χ0n) is 6.43.